The Kier molecular flexibility index (Phi) is 4.39. The highest BCUT2D eigenvalue weighted by atomic mass is 79.9. The van der Waals surface area contributed by atoms with Gasteiger partial charge in [-0.15, -0.1) is 0 Å². The molecule has 0 aliphatic heterocycles. The number of nitrogens with one attached hydrogen (secondary N) is 2. The van der Waals surface area contributed by atoms with Crippen LogP contribution in [0.2, 0.25) is 5.02 Å². The van der Waals surface area contributed by atoms with Crippen LogP contribution in [-0.2, 0) is 0 Å². The fourth-order valence-electron chi connectivity index (χ4n) is 1.40. The van der Waals surface area contributed by atoms with Crippen LogP contribution in [0.1, 0.15) is 5.56 Å². The number of carbonyl (C=O) groups excluding carboxylic acids is 1. The fraction of sp³-hybridized carbons (Fsp3) is 0.0769. The third-order valence-electron chi connectivity index (χ3n) is 2.33. The van der Waals surface area contributed by atoms with Crippen molar-refractivity contribution in [2.45, 2.75) is 6.92 Å². The van der Waals surface area contributed by atoms with Crippen molar-refractivity contribution < 1.29 is 4.79 Å². The van der Waals surface area contributed by atoms with E-state index < -0.39 is 0 Å². The van der Waals surface area contributed by atoms with Gasteiger partial charge in [0.25, 0.3) is 0 Å². The number of nitrogens with zero attached hydrogens (tertiary/aromatic N) is 1. The number of aryl methyl sites for hydroxylation is 1. The van der Waals surface area contributed by atoms with Gasteiger partial charge in [0.1, 0.15) is 5.82 Å². The Bertz CT molecular complexity index is 601. The van der Waals surface area contributed by atoms with Gasteiger partial charge in [0.05, 0.1) is 10.7 Å². The molecular weight excluding hydrogens is 330 g/mol. The maximum atomic E-state index is 11.8. The lowest BCUT2D eigenvalue weighted by Crippen LogP contribution is -2.20. The molecule has 0 saturated carbocycles. The van der Waals surface area contributed by atoms with Crippen LogP contribution in [0, 0.1) is 6.92 Å². The van der Waals surface area contributed by atoms with Gasteiger partial charge in [-0.25, -0.2) is 9.78 Å². The van der Waals surface area contributed by atoms with E-state index in [0.717, 1.165) is 10.0 Å². The van der Waals surface area contributed by atoms with Crippen molar-refractivity contribution in [3.63, 3.8) is 0 Å². The Morgan fingerprint density at radius 1 is 1.26 bits per heavy atom. The van der Waals surface area contributed by atoms with E-state index in [0.29, 0.717) is 16.5 Å². The molecule has 1 aromatic carbocycles. The zero-order chi connectivity index (χ0) is 13.8. The molecule has 0 atom stereocenters. The van der Waals surface area contributed by atoms with Gasteiger partial charge in [0.15, 0.2) is 0 Å². The molecule has 1 aromatic heterocycles. The second-order valence-corrected chi connectivity index (χ2v) is 5.25. The van der Waals surface area contributed by atoms with Crippen LogP contribution in [0.3, 0.4) is 0 Å². The molecule has 0 unspecified atom stereocenters. The SMILES string of the molecule is Cc1ccc(NC(=O)Nc2ccc(Br)cc2Cl)nc1. The molecule has 0 fully saturated rings. The summed E-state index contributed by atoms with van der Waals surface area (Å²) in [6, 6.07) is 8.44. The van der Waals surface area contributed by atoms with Crippen molar-refractivity contribution in [1.29, 1.82) is 0 Å². The first kappa shape index (κ1) is 13.8. The van der Waals surface area contributed by atoms with Crippen LogP contribution in [0.4, 0.5) is 16.3 Å². The molecule has 0 bridgehead atoms. The van der Waals surface area contributed by atoms with Crippen molar-refractivity contribution >= 4 is 45.1 Å². The predicted molar refractivity (Wildman–Crippen MR) is 80.8 cm³/mol. The number of benzene rings is 1. The number of anilines is 2. The molecule has 0 radical (unpaired) electrons. The van der Waals surface area contributed by atoms with E-state index in [1.807, 2.05) is 13.0 Å². The van der Waals surface area contributed by atoms with Crippen molar-refractivity contribution in [3.05, 3.63) is 51.6 Å². The summed E-state index contributed by atoms with van der Waals surface area (Å²) in [7, 11) is 0. The minimum atomic E-state index is -0.388. The van der Waals surface area contributed by atoms with Gasteiger partial charge in [-0.1, -0.05) is 33.6 Å². The number of hydrogen-bond donors (Lipinski definition) is 2. The molecule has 2 N–H and O–H groups in total. The average Bonchev–Trinajstić information content (AvgIpc) is 2.36. The molecule has 2 amide bonds. The van der Waals surface area contributed by atoms with E-state index in [-0.39, 0.29) is 6.03 Å². The summed E-state index contributed by atoms with van der Waals surface area (Å²) in [4.78, 5) is 15.9. The maximum Gasteiger partial charge on any atom is 0.324 e. The molecule has 0 aliphatic carbocycles. The van der Waals surface area contributed by atoms with Crippen molar-refractivity contribution in [2.24, 2.45) is 0 Å². The second kappa shape index (κ2) is 6.04. The van der Waals surface area contributed by atoms with Gasteiger partial charge < -0.3 is 5.32 Å². The number of pyridine rings is 1. The van der Waals surface area contributed by atoms with E-state index in [4.69, 9.17) is 11.6 Å². The summed E-state index contributed by atoms with van der Waals surface area (Å²) >= 11 is 9.31. The van der Waals surface area contributed by atoms with E-state index in [9.17, 15) is 4.79 Å². The normalized spacial score (nSPS) is 10.1. The number of halogens is 2. The summed E-state index contributed by atoms with van der Waals surface area (Å²) in [6.07, 6.45) is 1.68. The topological polar surface area (TPSA) is 54.0 Å². The third kappa shape index (κ3) is 3.94. The predicted octanol–water partition coefficient (Wildman–Crippen LogP) is 4.45. The number of aromatic nitrogens is 1. The largest absolute Gasteiger partial charge is 0.324 e. The molecule has 0 aliphatic rings. The Morgan fingerprint density at radius 2 is 2.05 bits per heavy atom. The summed E-state index contributed by atoms with van der Waals surface area (Å²) in [5.41, 5.74) is 1.57. The highest BCUT2D eigenvalue weighted by Gasteiger charge is 2.06. The molecule has 0 spiro atoms. The minimum Gasteiger partial charge on any atom is -0.306 e. The van der Waals surface area contributed by atoms with Gasteiger partial charge in [0.2, 0.25) is 0 Å². The van der Waals surface area contributed by atoms with Crippen LogP contribution in [0.15, 0.2) is 41.0 Å². The Hall–Kier alpha value is -1.59. The molecular formula is C13H11BrClN3O. The number of carbonyl (C=O) groups is 1. The molecule has 1 heterocycles. The molecule has 2 aromatic rings. The number of urea groups is 1. The molecule has 4 nitrogen and oxygen atoms in total. The van der Waals surface area contributed by atoms with E-state index in [1.54, 1.807) is 30.5 Å². The lowest BCUT2D eigenvalue weighted by atomic mass is 10.3. The zero-order valence-electron chi connectivity index (χ0n) is 10.1. The number of amides is 2. The van der Waals surface area contributed by atoms with Crippen LogP contribution in [0.25, 0.3) is 0 Å². The first-order chi connectivity index (χ1) is 9.04. The average molecular weight is 341 g/mol. The van der Waals surface area contributed by atoms with Crippen LogP contribution < -0.4 is 10.6 Å². The summed E-state index contributed by atoms with van der Waals surface area (Å²) in [5.74, 6) is 0.483. The van der Waals surface area contributed by atoms with Crippen LogP contribution >= 0.6 is 27.5 Å². The van der Waals surface area contributed by atoms with Crippen LogP contribution in [0.5, 0.6) is 0 Å². The summed E-state index contributed by atoms with van der Waals surface area (Å²) < 4.78 is 0.851. The monoisotopic (exact) mass is 339 g/mol. The molecule has 0 saturated heterocycles. The maximum absolute atomic E-state index is 11.8. The van der Waals surface area contributed by atoms with Gasteiger partial charge >= 0.3 is 6.03 Å². The van der Waals surface area contributed by atoms with Crippen molar-refractivity contribution in [1.82, 2.24) is 4.98 Å². The third-order valence-corrected chi connectivity index (χ3v) is 3.14. The van der Waals surface area contributed by atoms with E-state index in [2.05, 4.69) is 31.5 Å². The smallest absolute Gasteiger partial charge is 0.306 e. The summed E-state index contributed by atoms with van der Waals surface area (Å²) in [6.45, 7) is 1.93. The highest BCUT2D eigenvalue weighted by Crippen LogP contribution is 2.25. The minimum absolute atomic E-state index is 0.388. The van der Waals surface area contributed by atoms with Gasteiger partial charge in [-0.3, -0.25) is 5.32 Å². The summed E-state index contributed by atoms with van der Waals surface area (Å²) in [5, 5.41) is 5.75. The van der Waals surface area contributed by atoms with Gasteiger partial charge in [-0.2, -0.15) is 0 Å². The first-order valence-corrected chi connectivity index (χ1v) is 6.67. The molecule has 98 valence electrons. The first-order valence-electron chi connectivity index (χ1n) is 5.50. The van der Waals surface area contributed by atoms with E-state index >= 15 is 0 Å². The van der Waals surface area contributed by atoms with E-state index in [1.165, 1.54) is 0 Å². The fourth-order valence-corrected chi connectivity index (χ4v) is 2.12. The highest BCUT2D eigenvalue weighted by molar-refractivity contribution is 9.10. The number of hydrogen-bond acceptors (Lipinski definition) is 2. The van der Waals surface area contributed by atoms with Crippen LogP contribution in [-0.4, -0.2) is 11.0 Å². The number of rotatable bonds is 2. The molecule has 19 heavy (non-hydrogen) atoms. The molecule has 2 rings (SSSR count). The lowest BCUT2D eigenvalue weighted by Gasteiger charge is -2.08. The zero-order valence-corrected chi connectivity index (χ0v) is 12.4. The Labute approximate surface area is 124 Å². The Balaban J connectivity index is 2.03. The van der Waals surface area contributed by atoms with Crippen molar-refractivity contribution in [3.8, 4) is 0 Å². The van der Waals surface area contributed by atoms with Crippen molar-refractivity contribution in [2.75, 3.05) is 10.6 Å². The second-order valence-electron chi connectivity index (χ2n) is 3.92. The molecule has 6 heteroatoms. The quantitative estimate of drug-likeness (QED) is 0.848. The van der Waals surface area contributed by atoms with Gasteiger partial charge in [0, 0.05) is 10.7 Å². The van der Waals surface area contributed by atoms with Gasteiger partial charge in [-0.05, 0) is 36.8 Å². The Morgan fingerprint density at radius 3 is 2.68 bits per heavy atom. The lowest BCUT2D eigenvalue weighted by molar-refractivity contribution is 0.262. The standard InChI is InChI=1S/C13H11BrClN3O/c1-8-2-5-12(16-7-8)18-13(19)17-11-4-3-9(14)6-10(11)15/h2-7H,1H3,(H2,16,17,18,19).